The summed E-state index contributed by atoms with van der Waals surface area (Å²) in [4.78, 5) is 28.3. The summed E-state index contributed by atoms with van der Waals surface area (Å²) in [7, 11) is -4.20. The molecule has 11 heteroatoms. The summed E-state index contributed by atoms with van der Waals surface area (Å²) in [6.07, 6.45) is 0. The molecule has 0 aliphatic heterocycles. The molecule has 0 bridgehead atoms. The summed E-state index contributed by atoms with van der Waals surface area (Å²) >= 11 is 18.8. The third-order valence-corrected chi connectivity index (χ3v) is 8.96. The highest BCUT2D eigenvalue weighted by atomic mass is 35.5. The standard InChI is InChI=1S/C29H32Cl3N3O4S/c1-19(2)16-33-29(37)21(4)34(17-25-26(31)9-6-10-27(25)32)28(36)18-35(23-8-5-7-20(3)15-23)40(38,39)24-13-11-22(30)12-14-24/h5-15,19,21H,16-18H2,1-4H3,(H,33,37)/t21-/m1/s1. The molecule has 7 nitrogen and oxygen atoms in total. The van der Waals surface area contributed by atoms with Crippen LogP contribution >= 0.6 is 34.8 Å². The van der Waals surface area contributed by atoms with Gasteiger partial charge in [-0.3, -0.25) is 13.9 Å². The van der Waals surface area contributed by atoms with Gasteiger partial charge < -0.3 is 10.2 Å². The van der Waals surface area contributed by atoms with Gasteiger partial charge in [-0.25, -0.2) is 8.42 Å². The fraction of sp³-hybridized carbons (Fsp3) is 0.310. The molecule has 0 aliphatic rings. The van der Waals surface area contributed by atoms with Crippen molar-refractivity contribution >= 4 is 62.3 Å². The van der Waals surface area contributed by atoms with Gasteiger partial charge in [0.2, 0.25) is 11.8 Å². The molecule has 3 aromatic carbocycles. The van der Waals surface area contributed by atoms with E-state index < -0.39 is 28.5 Å². The first-order chi connectivity index (χ1) is 18.8. The Bertz CT molecular complexity index is 1440. The number of hydrogen-bond donors (Lipinski definition) is 1. The van der Waals surface area contributed by atoms with Gasteiger partial charge in [0.1, 0.15) is 12.6 Å². The van der Waals surface area contributed by atoms with Gasteiger partial charge in [0.25, 0.3) is 10.0 Å². The quantitative estimate of drug-likeness (QED) is 0.270. The molecule has 0 aliphatic carbocycles. The molecule has 0 aromatic heterocycles. The molecule has 0 fully saturated rings. The van der Waals surface area contributed by atoms with E-state index in [9.17, 15) is 18.0 Å². The van der Waals surface area contributed by atoms with Gasteiger partial charge in [-0.05, 0) is 73.9 Å². The molecule has 214 valence electrons. The molecule has 0 saturated carbocycles. The maximum absolute atomic E-state index is 14.0. The van der Waals surface area contributed by atoms with Crippen molar-refractivity contribution in [3.05, 3.63) is 92.9 Å². The minimum Gasteiger partial charge on any atom is -0.354 e. The number of rotatable bonds is 11. The number of amides is 2. The van der Waals surface area contributed by atoms with Crippen LogP contribution in [0, 0.1) is 12.8 Å². The zero-order chi connectivity index (χ0) is 29.6. The fourth-order valence-corrected chi connectivity index (χ4v) is 5.98. The van der Waals surface area contributed by atoms with Gasteiger partial charge in [-0.15, -0.1) is 0 Å². The van der Waals surface area contributed by atoms with Crippen molar-refractivity contribution in [2.24, 2.45) is 5.92 Å². The first kappa shape index (κ1) is 31.7. The number of carbonyl (C=O) groups excluding carboxylic acids is 2. The van der Waals surface area contributed by atoms with Gasteiger partial charge in [0, 0.05) is 33.7 Å². The zero-order valence-corrected chi connectivity index (χ0v) is 25.8. The molecule has 1 atom stereocenters. The van der Waals surface area contributed by atoms with Gasteiger partial charge in [-0.1, -0.05) is 66.8 Å². The third kappa shape index (κ3) is 7.91. The van der Waals surface area contributed by atoms with Crippen molar-refractivity contribution in [3.8, 4) is 0 Å². The Balaban J connectivity index is 2.05. The average Bonchev–Trinajstić information content (AvgIpc) is 2.89. The van der Waals surface area contributed by atoms with Crippen LogP contribution in [0.25, 0.3) is 0 Å². The van der Waals surface area contributed by atoms with Crippen molar-refractivity contribution in [2.75, 3.05) is 17.4 Å². The van der Waals surface area contributed by atoms with Crippen LogP contribution in [0.4, 0.5) is 5.69 Å². The molecule has 3 rings (SSSR count). The number of aryl methyl sites for hydroxylation is 1. The first-order valence-electron chi connectivity index (χ1n) is 12.7. The minimum atomic E-state index is -4.20. The number of benzene rings is 3. The van der Waals surface area contributed by atoms with E-state index >= 15 is 0 Å². The number of hydrogen-bond acceptors (Lipinski definition) is 4. The van der Waals surface area contributed by atoms with Gasteiger partial charge >= 0.3 is 0 Å². The largest absolute Gasteiger partial charge is 0.354 e. The molecule has 0 radical (unpaired) electrons. The maximum atomic E-state index is 14.0. The average molecular weight is 625 g/mol. The highest BCUT2D eigenvalue weighted by molar-refractivity contribution is 7.92. The molecular weight excluding hydrogens is 593 g/mol. The normalized spacial score (nSPS) is 12.2. The van der Waals surface area contributed by atoms with E-state index in [2.05, 4.69) is 5.32 Å². The Labute approximate surface area is 251 Å². The van der Waals surface area contributed by atoms with Crippen molar-refractivity contribution in [2.45, 2.75) is 45.2 Å². The van der Waals surface area contributed by atoms with Gasteiger partial charge in [0.15, 0.2) is 0 Å². The van der Waals surface area contributed by atoms with Gasteiger partial charge in [0.05, 0.1) is 10.6 Å². The van der Waals surface area contributed by atoms with Crippen LogP contribution in [0.3, 0.4) is 0 Å². The second-order valence-electron chi connectivity index (χ2n) is 9.84. The van der Waals surface area contributed by atoms with Crippen LogP contribution in [0.15, 0.2) is 71.6 Å². The lowest BCUT2D eigenvalue weighted by Gasteiger charge is -2.32. The maximum Gasteiger partial charge on any atom is 0.264 e. The SMILES string of the molecule is Cc1cccc(N(CC(=O)N(Cc2c(Cl)cccc2Cl)[C@H](C)C(=O)NCC(C)C)S(=O)(=O)c2ccc(Cl)cc2)c1. The molecule has 0 saturated heterocycles. The molecule has 0 spiro atoms. The smallest absolute Gasteiger partial charge is 0.264 e. The van der Waals surface area contributed by atoms with Crippen molar-refractivity contribution < 1.29 is 18.0 Å². The van der Waals surface area contributed by atoms with Crippen molar-refractivity contribution in [1.29, 1.82) is 0 Å². The summed E-state index contributed by atoms with van der Waals surface area (Å²) in [5.41, 5.74) is 1.56. The van der Waals surface area contributed by atoms with E-state index in [1.165, 1.54) is 29.2 Å². The molecule has 40 heavy (non-hydrogen) atoms. The van der Waals surface area contributed by atoms with Crippen LogP contribution in [0.5, 0.6) is 0 Å². The highest BCUT2D eigenvalue weighted by Crippen LogP contribution is 2.29. The number of halogens is 3. The van der Waals surface area contributed by atoms with Crippen molar-refractivity contribution in [3.63, 3.8) is 0 Å². The van der Waals surface area contributed by atoms with Crippen molar-refractivity contribution in [1.82, 2.24) is 10.2 Å². The molecule has 2 amide bonds. The lowest BCUT2D eigenvalue weighted by atomic mass is 10.1. The summed E-state index contributed by atoms with van der Waals surface area (Å²) in [5, 5.41) is 3.87. The Morgan fingerprint density at radius 2 is 1.50 bits per heavy atom. The summed E-state index contributed by atoms with van der Waals surface area (Å²) in [6.45, 7) is 7.07. The van der Waals surface area contributed by atoms with Gasteiger partial charge in [-0.2, -0.15) is 0 Å². The highest BCUT2D eigenvalue weighted by Gasteiger charge is 2.33. The number of carbonyl (C=O) groups is 2. The Hall–Kier alpha value is -2.78. The van der Waals surface area contributed by atoms with Crippen LogP contribution in [0.2, 0.25) is 15.1 Å². The van der Waals surface area contributed by atoms with E-state index in [1.54, 1.807) is 43.3 Å². The third-order valence-electron chi connectivity index (χ3n) is 6.21. The lowest BCUT2D eigenvalue weighted by Crippen LogP contribution is -2.51. The summed E-state index contributed by atoms with van der Waals surface area (Å²) < 4.78 is 28.7. The first-order valence-corrected chi connectivity index (χ1v) is 15.2. The van der Waals surface area contributed by atoms with Crippen LogP contribution in [-0.2, 0) is 26.2 Å². The Kier molecular flexibility index (Phi) is 10.9. The van der Waals surface area contributed by atoms with Crippen LogP contribution < -0.4 is 9.62 Å². The van der Waals surface area contributed by atoms with E-state index in [0.29, 0.717) is 32.9 Å². The fourth-order valence-electron chi connectivity index (χ4n) is 3.93. The van der Waals surface area contributed by atoms with Crippen LogP contribution in [0.1, 0.15) is 31.9 Å². The number of sulfonamides is 1. The van der Waals surface area contributed by atoms with E-state index in [-0.39, 0.29) is 23.3 Å². The lowest BCUT2D eigenvalue weighted by molar-refractivity contribution is -0.139. The topological polar surface area (TPSA) is 86.8 Å². The summed E-state index contributed by atoms with van der Waals surface area (Å²) in [6, 6.07) is 16.5. The minimum absolute atomic E-state index is 0.0328. The Morgan fingerprint density at radius 1 is 0.900 bits per heavy atom. The predicted octanol–water partition coefficient (Wildman–Crippen LogP) is 6.34. The Morgan fingerprint density at radius 3 is 2.08 bits per heavy atom. The zero-order valence-electron chi connectivity index (χ0n) is 22.7. The monoisotopic (exact) mass is 623 g/mol. The summed E-state index contributed by atoms with van der Waals surface area (Å²) in [5.74, 6) is -0.797. The number of nitrogens with one attached hydrogen (secondary N) is 1. The molecule has 3 aromatic rings. The molecular formula is C29H32Cl3N3O4S. The van der Waals surface area contributed by atoms with E-state index in [4.69, 9.17) is 34.8 Å². The number of nitrogens with zero attached hydrogens (tertiary/aromatic N) is 2. The molecule has 0 unspecified atom stereocenters. The predicted molar refractivity (Wildman–Crippen MR) is 161 cm³/mol. The molecule has 1 N–H and O–H groups in total. The van der Waals surface area contributed by atoms with Crippen LogP contribution in [-0.4, -0.2) is 44.3 Å². The van der Waals surface area contributed by atoms with E-state index in [1.807, 2.05) is 26.8 Å². The molecule has 0 heterocycles. The number of anilines is 1. The van der Waals surface area contributed by atoms with E-state index in [0.717, 1.165) is 9.87 Å². The second-order valence-corrected chi connectivity index (χ2v) is 13.0. The second kappa shape index (κ2) is 13.7.